The van der Waals surface area contributed by atoms with Crippen molar-refractivity contribution in [2.75, 3.05) is 0 Å². The normalized spacial score (nSPS) is 11.6. The Labute approximate surface area is 106 Å². The van der Waals surface area contributed by atoms with Gasteiger partial charge in [-0.3, -0.25) is 9.59 Å². The van der Waals surface area contributed by atoms with Crippen LogP contribution in [0.15, 0.2) is 18.2 Å². The third kappa shape index (κ3) is 3.66. The molecule has 0 aromatic heterocycles. The summed E-state index contributed by atoms with van der Waals surface area (Å²) in [5.74, 6) is -5.93. The number of aliphatic carboxylic acids is 2. The first-order chi connectivity index (χ1) is 8.82. The average molecular weight is 271 g/mol. The molecule has 8 heteroatoms. The van der Waals surface area contributed by atoms with Crippen molar-refractivity contribution in [1.29, 1.82) is 0 Å². The number of nitrogens with one attached hydrogen (secondary N) is 1. The van der Waals surface area contributed by atoms with E-state index in [1.807, 2.05) is 5.32 Å². The van der Waals surface area contributed by atoms with Crippen LogP contribution in [0.1, 0.15) is 16.8 Å². The Balaban J connectivity index is 2.94. The van der Waals surface area contributed by atoms with Gasteiger partial charge in [0.1, 0.15) is 23.2 Å². The largest absolute Gasteiger partial charge is 0.507 e. The zero-order valence-corrected chi connectivity index (χ0v) is 9.46. The van der Waals surface area contributed by atoms with Crippen molar-refractivity contribution in [3.05, 3.63) is 29.6 Å². The molecule has 0 aliphatic carbocycles. The quantitative estimate of drug-likeness (QED) is 0.606. The number of carbonyl (C=O) groups is 3. The maximum atomic E-state index is 13.3. The highest BCUT2D eigenvalue weighted by Gasteiger charge is 2.26. The number of halogens is 1. The monoisotopic (exact) mass is 271 g/mol. The Bertz CT molecular complexity index is 510. The molecular formula is C11H10FNO6. The fraction of sp³-hybridized carbons (Fsp3) is 0.182. The lowest BCUT2D eigenvalue weighted by Gasteiger charge is -2.13. The lowest BCUT2D eigenvalue weighted by molar-refractivity contribution is -0.145. The third-order valence-corrected chi connectivity index (χ3v) is 2.20. The number of rotatable bonds is 5. The summed E-state index contributed by atoms with van der Waals surface area (Å²) in [4.78, 5) is 32.8. The van der Waals surface area contributed by atoms with Gasteiger partial charge >= 0.3 is 11.9 Å². The lowest BCUT2D eigenvalue weighted by atomic mass is 10.1. The molecule has 0 aliphatic rings. The molecule has 0 heterocycles. The maximum absolute atomic E-state index is 13.3. The molecule has 1 aromatic carbocycles. The fourth-order valence-electron chi connectivity index (χ4n) is 1.34. The van der Waals surface area contributed by atoms with E-state index in [-0.39, 0.29) is 0 Å². The number of carbonyl (C=O) groups excluding carboxylic acids is 1. The molecule has 0 radical (unpaired) electrons. The number of phenolic OH excluding ortho intramolecular Hbond substituents is 1. The Morgan fingerprint density at radius 1 is 1.26 bits per heavy atom. The van der Waals surface area contributed by atoms with Crippen LogP contribution in [0, 0.1) is 5.82 Å². The highest BCUT2D eigenvalue weighted by atomic mass is 19.1. The highest BCUT2D eigenvalue weighted by Crippen LogP contribution is 2.19. The van der Waals surface area contributed by atoms with Gasteiger partial charge in [-0.05, 0) is 12.1 Å². The molecule has 4 N–H and O–H groups in total. The van der Waals surface area contributed by atoms with Gasteiger partial charge in [-0.1, -0.05) is 6.07 Å². The first-order valence-corrected chi connectivity index (χ1v) is 5.06. The highest BCUT2D eigenvalue weighted by molar-refractivity contribution is 5.99. The van der Waals surface area contributed by atoms with Gasteiger partial charge in [0, 0.05) is 0 Å². The van der Waals surface area contributed by atoms with Crippen LogP contribution in [0.5, 0.6) is 5.75 Å². The number of carboxylic acids is 2. The molecule has 1 unspecified atom stereocenters. The number of hydrogen-bond acceptors (Lipinski definition) is 4. The first-order valence-electron chi connectivity index (χ1n) is 5.06. The Morgan fingerprint density at radius 2 is 1.89 bits per heavy atom. The maximum Gasteiger partial charge on any atom is 0.326 e. The molecule has 0 spiro atoms. The van der Waals surface area contributed by atoms with Gasteiger partial charge in [0.05, 0.1) is 6.42 Å². The number of carboxylic acid groups (broad SMARTS) is 2. The summed E-state index contributed by atoms with van der Waals surface area (Å²) < 4.78 is 13.3. The van der Waals surface area contributed by atoms with Crippen molar-refractivity contribution >= 4 is 17.8 Å². The number of hydrogen-bond donors (Lipinski definition) is 4. The summed E-state index contributed by atoms with van der Waals surface area (Å²) in [6.07, 6.45) is -0.865. The molecule has 1 amide bonds. The molecule has 0 saturated carbocycles. The zero-order chi connectivity index (χ0) is 14.6. The minimum Gasteiger partial charge on any atom is -0.507 e. The summed E-state index contributed by atoms with van der Waals surface area (Å²) in [5.41, 5.74) is -0.737. The average Bonchev–Trinajstić information content (AvgIpc) is 2.27. The molecule has 0 saturated heterocycles. The van der Waals surface area contributed by atoms with Gasteiger partial charge in [0.15, 0.2) is 0 Å². The van der Waals surface area contributed by atoms with E-state index in [4.69, 9.17) is 10.2 Å². The number of benzene rings is 1. The summed E-state index contributed by atoms with van der Waals surface area (Å²) in [6, 6.07) is 1.39. The summed E-state index contributed by atoms with van der Waals surface area (Å²) in [7, 11) is 0. The second-order valence-corrected chi connectivity index (χ2v) is 3.60. The standard InChI is InChI=1S/C11H10FNO6/c12-5-2-1-3-7(14)9(5)10(17)13-6(11(18)19)4-8(15)16/h1-3,6,14H,4H2,(H,13,17)(H,15,16)(H,18,19). The Hall–Kier alpha value is -2.64. The second-order valence-electron chi connectivity index (χ2n) is 3.60. The number of aromatic hydroxyl groups is 1. The summed E-state index contributed by atoms with van der Waals surface area (Å²) >= 11 is 0. The van der Waals surface area contributed by atoms with Gasteiger partial charge in [-0.15, -0.1) is 0 Å². The molecule has 19 heavy (non-hydrogen) atoms. The molecule has 1 rings (SSSR count). The number of amides is 1. The summed E-state index contributed by atoms with van der Waals surface area (Å²) in [5, 5.41) is 28.4. The molecule has 0 aliphatic heterocycles. The van der Waals surface area contributed by atoms with Crippen LogP contribution in [0.2, 0.25) is 0 Å². The van der Waals surface area contributed by atoms with Crippen LogP contribution in [0.25, 0.3) is 0 Å². The molecule has 1 aromatic rings. The molecule has 102 valence electrons. The van der Waals surface area contributed by atoms with E-state index in [0.717, 1.165) is 18.2 Å². The van der Waals surface area contributed by atoms with Crippen LogP contribution in [-0.4, -0.2) is 39.2 Å². The van der Waals surface area contributed by atoms with Crippen LogP contribution < -0.4 is 5.32 Å². The van der Waals surface area contributed by atoms with Gasteiger partial charge in [0.25, 0.3) is 5.91 Å². The van der Waals surface area contributed by atoms with Crippen molar-refractivity contribution in [2.24, 2.45) is 0 Å². The van der Waals surface area contributed by atoms with Gasteiger partial charge in [-0.2, -0.15) is 0 Å². The molecular weight excluding hydrogens is 261 g/mol. The lowest BCUT2D eigenvalue weighted by Crippen LogP contribution is -2.42. The van der Waals surface area contributed by atoms with E-state index >= 15 is 0 Å². The predicted molar refractivity (Wildman–Crippen MR) is 59.2 cm³/mol. The smallest absolute Gasteiger partial charge is 0.326 e. The van der Waals surface area contributed by atoms with E-state index in [2.05, 4.69) is 0 Å². The first kappa shape index (κ1) is 14.4. The Kier molecular flexibility index (Phi) is 4.41. The van der Waals surface area contributed by atoms with E-state index in [0.29, 0.717) is 0 Å². The van der Waals surface area contributed by atoms with E-state index in [1.165, 1.54) is 0 Å². The predicted octanol–water partition coefficient (Wildman–Crippen LogP) is 0.189. The van der Waals surface area contributed by atoms with Crippen molar-refractivity contribution in [3.8, 4) is 5.75 Å². The van der Waals surface area contributed by atoms with Crippen LogP contribution in [0.4, 0.5) is 4.39 Å². The van der Waals surface area contributed by atoms with E-state index in [1.54, 1.807) is 0 Å². The molecule has 0 fully saturated rings. The Morgan fingerprint density at radius 3 is 2.37 bits per heavy atom. The minimum atomic E-state index is -1.72. The van der Waals surface area contributed by atoms with Crippen LogP contribution in [-0.2, 0) is 9.59 Å². The van der Waals surface area contributed by atoms with Gasteiger partial charge in [-0.25, -0.2) is 9.18 Å². The summed E-state index contributed by atoms with van der Waals surface area (Å²) in [6.45, 7) is 0. The van der Waals surface area contributed by atoms with E-state index in [9.17, 15) is 23.9 Å². The van der Waals surface area contributed by atoms with E-state index < -0.39 is 47.4 Å². The van der Waals surface area contributed by atoms with Crippen LogP contribution in [0.3, 0.4) is 0 Å². The number of phenols is 1. The molecule has 1 atom stereocenters. The SMILES string of the molecule is O=C(O)CC(NC(=O)c1c(O)cccc1F)C(=O)O. The zero-order valence-electron chi connectivity index (χ0n) is 9.46. The third-order valence-electron chi connectivity index (χ3n) is 2.20. The molecule has 0 bridgehead atoms. The van der Waals surface area contributed by atoms with Crippen molar-refractivity contribution in [1.82, 2.24) is 5.32 Å². The van der Waals surface area contributed by atoms with Gasteiger partial charge < -0.3 is 20.6 Å². The minimum absolute atomic E-state index is 0.669. The molecule has 7 nitrogen and oxygen atoms in total. The van der Waals surface area contributed by atoms with Gasteiger partial charge in [0.2, 0.25) is 0 Å². The van der Waals surface area contributed by atoms with Crippen LogP contribution >= 0.6 is 0 Å². The topological polar surface area (TPSA) is 124 Å². The van der Waals surface area contributed by atoms with Crippen molar-refractivity contribution in [2.45, 2.75) is 12.5 Å². The second kappa shape index (κ2) is 5.80. The van der Waals surface area contributed by atoms with Crippen molar-refractivity contribution in [3.63, 3.8) is 0 Å². The van der Waals surface area contributed by atoms with Crippen molar-refractivity contribution < 1.29 is 34.1 Å². The fourth-order valence-corrected chi connectivity index (χ4v) is 1.34.